The minimum atomic E-state index is -0.287. The van der Waals surface area contributed by atoms with E-state index in [-0.39, 0.29) is 11.8 Å². The van der Waals surface area contributed by atoms with Crippen LogP contribution in [0, 0.1) is 0 Å². The number of anilines is 1. The monoisotopic (exact) mass is 402 g/mol. The van der Waals surface area contributed by atoms with Crippen molar-refractivity contribution in [3.8, 4) is 16.3 Å². The van der Waals surface area contributed by atoms with Crippen LogP contribution in [0.3, 0.4) is 0 Å². The Balaban J connectivity index is 1.69. The van der Waals surface area contributed by atoms with E-state index in [4.69, 9.17) is 0 Å². The number of hydrogen-bond donors (Lipinski definition) is 2. The van der Waals surface area contributed by atoms with E-state index < -0.39 is 0 Å². The first-order valence-corrected chi connectivity index (χ1v) is 9.86. The number of benzene rings is 2. The molecule has 2 amide bonds. The van der Waals surface area contributed by atoms with Gasteiger partial charge in [0.25, 0.3) is 11.8 Å². The lowest BCUT2D eigenvalue weighted by molar-refractivity contribution is 0.0961. The van der Waals surface area contributed by atoms with Crippen molar-refractivity contribution in [1.82, 2.24) is 15.1 Å². The smallest absolute Gasteiger partial charge is 0.259 e. The Kier molecular flexibility index (Phi) is 5.22. The average Bonchev–Trinajstić information content (AvgIpc) is 3.44. The van der Waals surface area contributed by atoms with Crippen LogP contribution in [0.5, 0.6) is 0 Å². The molecule has 0 aliphatic rings. The van der Waals surface area contributed by atoms with Gasteiger partial charge in [-0.05, 0) is 41.8 Å². The maximum Gasteiger partial charge on any atom is 0.259 e. The van der Waals surface area contributed by atoms with E-state index in [1.807, 2.05) is 47.8 Å². The van der Waals surface area contributed by atoms with Crippen LogP contribution < -0.4 is 10.6 Å². The highest BCUT2D eigenvalue weighted by molar-refractivity contribution is 7.13. The molecular weight excluding hydrogens is 384 g/mol. The normalized spacial score (nSPS) is 10.5. The van der Waals surface area contributed by atoms with E-state index in [0.717, 1.165) is 10.6 Å². The molecule has 0 unspecified atom stereocenters. The van der Waals surface area contributed by atoms with Crippen LogP contribution in [-0.2, 0) is 0 Å². The molecule has 0 saturated heterocycles. The molecule has 0 spiro atoms. The van der Waals surface area contributed by atoms with Crippen LogP contribution in [0.2, 0.25) is 0 Å². The minimum absolute atomic E-state index is 0.211. The average molecular weight is 402 g/mol. The Bertz CT molecular complexity index is 1150. The largest absolute Gasteiger partial charge is 0.355 e. The van der Waals surface area contributed by atoms with Crippen molar-refractivity contribution < 1.29 is 9.59 Å². The molecule has 0 aliphatic heterocycles. The summed E-state index contributed by atoms with van der Waals surface area (Å²) in [6.07, 6.45) is 1.72. The van der Waals surface area contributed by atoms with E-state index in [0.29, 0.717) is 22.5 Å². The molecule has 2 heterocycles. The zero-order valence-corrected chi connectivity index (χ0v) is 16.4. The van der Waals surface area contributed by atoms with Crippen LogP contribution in [0.25, 0.3) is 16.3 Å². The van der Waals surface area contributed by atoms with Crippen molar-refractivity contribution in [3.05, 3.63) is 89.4 Å². The third kappa shape index (κ3) is 3.95. The summed E-state index contributed by atoms with van der Waals surface area (Å²) in [5.41, 5.74) is 2.96. The van der Waals surface area contributed by atoms with Gasteiger partial charge in [-0.15, -0.1) is 11.3 Å². The first-order valence-electron chi connectivity index (χ1n) is 8.98. The van der Waals surface area contributed by atoms with Gasteiger partial charge >= 0.3 is 0 Å². The number of rotatable bonds is 5. The second-order valence-corrected chi connectivity index (χ2v) is 7.21. The SMILES string of the molecule is CNC(=O)c1cccc(NC(=O)c2cn(-c3ccccc3)nc2-c2cccs2)c1. The predicted octanol–water partition coefficient (Wildman–Crippen LogP) is 4.21. The number of para-hydroxylation sites is 1. The van der Waals surface area contributed by atoms with Crippen molar-refractivity contribution in [1.29, 1.82) is 0 Å². The maximum atomic E-state index is 13.1. The van der Waals surface area contributed by atoms with Gasteiger partial charge in [0.1, 0.15) is 5.69 Å². The van der Waals surface area contributed by atoms with Gasteiger partial charge in [0.15, 0.2) is 0 Å². The lowest BCUT2D eigenvalue weighted by Crippen LogP contribution is -2.18. The summed E-state index contributed by atoms with van der Waals surface area (Å²) in [5.74, 6) is -0.498. The Morgan fingerprint density at radius 2 is 1.79 bits per heavy atom. The first kappa shape index (κ1) is 18.6. The fourth-order valence-corrected chi connectivity index (χ4v) is 3.65. The van der Waals surface area contributed by atoms with E-state index in [9.17, 15) is 9.59 Å². The van der Waals surface area contributed by atoms with Gasteiger partial charge in [-0.1, -0.05) is 30.3 Å². The van der Waals surface area contributed by atoms with Gasteiger partial charge in [0, 0.05) is 24.5 Å². The highest BCUT2D eigenvalue weighted by Crippen LogP contribution is 2.28. The maximum absolute atomic E-state index is 13.1. The van der Waals surface area contributed by atoms with Gasteiger partial charge in [-0.3, -0.25) is 9.59 Å². The molecule has 144 valence electrons. The number of hydrogen-bond acceptors (Lipinski definition) is 4. The third-order valence-electron chi connectivity index (χ3n) is 4.34. The van der Waals surface area contributed by atoms with E-state index >= 15 is 0 Å². The number of nitrogens with one attached hydrogen (secondary N) is 2. The quantitative estimate of drug-likeness (QED) is 0.525. The zero-order valence-electron chi connectivity index (χ0n) is 15.6. The van der Waals surface area contributed by atoms with Crippen LogP contribution in [0.4, 0.5) is 5.69 Å². The van der Waals surface area contributed by atoms with Crippen molar-refractivity contribution in [2.24, 2.45) is 0 Å². The van der Waals surface area contributed by atoms with Crippen molar-refractivity contribution >= 4 is 28.8 Å². The summed E-state index contributed by atoms with van der Waals surface area (Å²) < 4.78 is 1.70. The van der Waals surface area contributed by atoms with Gasteiger partial charge < -0.3 is 10.6 Å². The molecule has 4 rings (SSSR count). The van der Waals surface area contributed by atoms with Gasteiger partial charge in [-0.25, -0.2) is 4.68 Å². The summed E-state index contributed by atoms with van der Waals surface area (Å²) in [7, 11) is 1.57. The van der Waals surface area contributed by atoms with E-state index in [1.54, 1.807) is 42.2 Å². The highest BCUT2D eigenvalue weighted by atomic mass is 32.1. The number of amides is 2. The summed E-state index contributed by atoms with van der Waals surface area (Å²) in [5, 5.41) is 12.1. The molecule has 6 nitrogen and oxygen atoms in total. The molecule has 2 N–H and O–H groups in total. The molecule has 2 aromatic carbocycles. The van der Waals surface area contributed by atoms with Gasteiger partial charge in [-0.2, -0.15) is 5.10 Å². The minimum Gasteiger partial charge on any atom is -0.355 e. The second kappa shape index (κ2) is 8.12. The molecular formula is C22H18N4O2S. The van der Waals surface area contributed by atoms with Crippen molar-refractivity contribution in [3.63, 3.8) is 0 Å². The molecule has 4 aromatic rings. The molecule has 0 aliphatic carbocycles. The molecule has 0 bridgehead atoms. The van der Waals surface area contributed by atoms with Crippen LogP contribution >= 0.6 is 11.3 Å². The number of carbonyl (C=O) groups excluding carboxylic acids is 2. The lowest BCUT2D eigenvalue weighted by Gasteiger charge is -2.07. The number of carbonyl (C=O) groups is 2. The van der Waals surface area contributed by atoms with Gasteiger partial charge in [0.2, 0.25) is 0 Å². The molecule has 2 aromatic heterocycles. The van der Waals surface area contributed by atoms with Crippen LogP contribution in [0.15, 0.2) is 78.3 Å². The van der Waals surface area contributed by atoms with Crippen molar-refractivity contribution in [2.75, 3.05) is 12.4 Å². The topological polar surface area (TPSA) is 76.0 Å². The summed E-state index contributed by atoms with van der Waals surface area (Å²) in [4.78, 5) is 25.8. The molecule has 0 radical (unpaired) electrons. The first-order chi connectivity index (χ1) is 14.2. The highest BCUT2D eigenvalue weighted by Gasteiger charge is 2.20. The Morgan fingerprint density at radius 3 is 2.52 bits per heavy atom. The van der Waals surface area contributed by atoms with E-state index in [2.05, 4.69) is 15.7 Å². The summed E-state index contributed by atoms with van der Waals surface area (Å²) in [6.45, 7) is 0. The Labute approximate surface area is 171 Å². The van der Waals surface area contributed by atoms with Crippen molar-refractivity contribution in [2.45, 2.75) is 0 Å². The molecule has 0 saturated carbocycles. The third-order valence-corrected chi connectivity index (χ3v) is 5.22. The molecule has 0 atom stereocenters. The number of aromatic nitrogens is 2. The molecule has 0 fully saturated rings. The zero-order chi connectivity index (χ0) is 20.2. The fraction of sp³-hybridized carbons (Fsp3) is 0.0455. The predicted molar refractivity (Wildman–Crippen MR) is 115 cm³/mol. The molecule has 29 heavy (non-hydrogen) atoms. The van der Waals surface area contributed by atoms with Crippen LogP contribution in [0.1, 0.15) is 20.7 Å². The number of thiophene rings is 1. The Morgan fingerprint density at radius 1 is 0.966 bits per heavy atom. The number of nitrogens with zero attached hydrogens (tertiary/aromatic N) is 2. The van der Waals surface area contributed by atoms with E-state index in [1.165, 1.54) is 11.3 Å². The lowest BCUT2D eigenvalue weighted by atomic mass is 10.1. The van der Waals surface area contributed by atoms with Crippen LogP contribution in [-0.4, -0.2) is 28.6 Å². The summed E-state index contributed by atoms with van der Waals surface area (Å²) >= 11 is 1.52. The second-order valence-electron chi connectivity index (χ2n) is 6.26. The fourth-order valence-electron chi connectivity index (χ4n) is 2.93. The Hall–Kier alpha value is -3.71. The molecule has 7 heteroatoms. The van der Waals surface area contributed by atoms with Gasteiger partial charge in [0.05, 0.1) is 16.1 Å². The standard InChI is InChI=1S/C22H18N4O2S/c1-23-21(27)15-7-5-8-16(13-15)24-22(28)18-14-26(17-9-3-2-4-10-17)25-20(18)19-11-6-12-29-19/h2-14H,1H3,(H,23,27)(H,24,28). The summed E-state index contributed by atoms with van der Waals surface area (Å²) in [6, 6.07) is 20.3.